The van der Waals surface area contributed by atoms with E-state index in [4.69, 9.17) is 4.84 Å². The minimum Gasteiger partial charge on any atom is -0.378 e. The first kappa shape index (κ1) is 14.6. The van der Waals surface area contributed by atoms with Crippen molar-refractivity contribution >= 4 is 5.97 Å². The van der Waals surface area contributed by atoms with Gasteiger partial charge in [0.05, 0.1) is 6.42 Å². The van der Waals surface area contributed by atoms with Crippen LogP contribution in [0.15, 0.2) is 0 Å². The summed E-state index contributed by atoms with van der Waals surface area (Å²) in [5, 5.41) is 38.9. The normalized spacial score (nSPS) is 36.8. The van der Waals surface area contributed by atoms with Gasteiger partial charge < -0.3 is 25.3 Å². The highest BCUT2D eigenvalue weighted by Gasteiger charge is 2.35. The molecule has 2 aliphatic heterocycles. The first-order valence-electron chi connectivity index (χ1n) is 6.46. The van der Waals surface area contributed by atoms with Crippen LogP contribution in [0.2, 0.25) is 0 Å². The predicted octanol–water partition coefficient (Wildman–Crippen LogP) is -1.70. The summed E-state index contributed by atoms with van der Waals surface area (Å²) in [7, 11) is 0. The third-order valence-electron chi connectivity index (χ3n) is 3.50. The van der Waals surface area contributed by atoms with Crippen molar-refractivity contribution in [2.45, 2.75) is 57.0 Å². The van der Waals surface area contributed by atoms with E-state index < -0.39 is 30.9 Å². The second kappa shape index (κ2) is 6.12. The van der Waals surface area contributed by atoms with Crippen LogP contribution in [-0.2, 0) is 9.63 Å². The summed E-state index contributed by atoms with van der Waals surface area (Å²) in [5.74, 6) is -0.619. The Morgan fingerprint density at radius 2 is 1.42 bits per heavy atom. The monoisotopic (exact) mass is 276 g/mol. The molecule has 0 spiro atoms. The standard InChI is InChI=1S/C11H20N2O6/c14-7-1-2-8(15)12(7)6-5-11(18)19-13-9(16)3-4-10(13)17/h7-10,14-17H,1-6H2/t7?,8?,9-,10?/m0/s1. The summed E-state index contributed by atoms with van der Waals surface area (Å²) >= 11 is 0. The Morgan fingerprint density at radius 1 is 0.947 bits per heavy atom. The Morgan fingerprint density at radius 3 is 1.95 bits per heavy atom. The molecule has 4 N–H and O–H groups in total. The number of aliphatic hydroxyl groups is 4. The number of rotatable bonds is 4. The molecule has 2 fully saturated rings. The van der Waals surface area contributed by atoms with E-state index in [9.17, 15) is 25.2 Å². The summed E-state index contributed by atoms with van der Waals surface area (Å²) in [6, 6.07) is 0. The highest BCUT2D eigenvalue weighted by atomic mass is 16.7. The number of carbonyl (C=O) groups is 1. The van der Waals surface area contributed by atoms with Crippen molar-refractivity contribution in [3.05, 3.63) is 0 Å². The van der Waals surface area contributed by atoms with E-state index in [-0.39, 0.29) is 13.0 Å². The van der Waals surface area contributed by atoms with E-state index >= 15 is 0 Å². The maximum atomic E-state index is 11.6. The maximum absolute atomic E-state index is 11.6. The molecular weight excluding hydrogens is 256 g/mol. The lowest BCUT2D eigenvalue weighted by Crippen LogP contribution is -2.40. The molecule has 110 valence electrons. The summed E-state index contributed by atoms with van der Waals surface area (Å²) in [4.78, 5) is 17.9. The second-order valence-corrected chi connectivity index (χ2v) is 4.89. The Kier molecular flexibility index (Phi) is 4.71. The van der Waals surface area contributed by atoms with Gasteiger partial charge in [-0.2, -0.15) is 0 Å². The molecular formula is C11H20N2O6. The molecule has 0 aromatic rings. The van der Waals surface area contributed by atoms with Gasteiger partial charge in [-0.15, -0.1) is 0 Å². The quantitative estimate of drug-likeness (QED) is 0.480. The molecule has 2 saturated heterocycles. The lowest BCUT2D eigenvalue weighted by Gasteiger charge is -2.25. The lowest BCUT2D eigenvalue weighted by molar-refractivity contribution is -0.262. The van der Waals surface area contributed by atoms with E-state index in [0.29, 0.717) is 25.7 Å². The molecule has 3 unspecified atom stereocenters. The summed E-state index contributed by atoms with van der Waals surface area (Å²) < 4.78 is 0. The Hall–Kier alpha value is -0.770. The highest BCUT2D eigenvalue weighted by molar-refractivity contribution is 5.69. The molecule has 2 aliphatic rings. The largest absolute Gasteiger partial charge is 0.378 e. The molecule has 0 aromatic carbocycles. The van der Waals surface area contributed by atoms with Crippen LogP contribution in [0.1, 0.15) is 32.1 Å². The number of aliphatic hydroxyl groups excluding tert-OH is 4. The molecule has 0 aliphatic carbocycles. The number of nitrogens with zero attached hydrogens (tertiary/aromatic N) is 2. The fourth-order valence-corrected chi connectivity index (χ4v) is 2.38. The van der Waals surface area contributed by atoms with E-state index in [1.165, 1.54) is 4.90 Å². The van der Waals surface area contributed by atoms with Crippen molar-refractivity contribution in [3.8, 4) is 0 Å². The SMILES string of the molecule is O=C(CCN1C(O)CCC1O)ON1C(O)CC[C@@H]1O. The van der Waals surface area contributed by atoms with Crippen molar-refractivity contribution in [1.82, 2.24) is 9.96 Å². The van der Waals surface area contributed by atoms with Crippen LogP contribution < -0.4 is 0 Å². The van der Waals surface area contributed by atoms with E-state index in [2.05, 4.69) is 0 Å². The van der Waals surface area contributed by atoms with Gasteiger partial charge >= 0.3 is 5.97 Å². The fraction of sp³-hybridized carbons (Fsp3) is 0.909. The van der Waals surface area contributed by atoms with E-state index in [0.717, 1.165) is 5.06 Å². The van der Waals surface area contributed by atoms with Crippen LogP contribution >= 0.6 is 0 Å². The van der Waals surface area contributed by atoms with Gasteiger partial charge in [-0.1, -0.05) is 5.06 Å². The van der Waals surface area contributed by atoms with Crippen molar-refractivity contribution in [3.63, 3.8) is 0 Å². The molecule has 0 amide bonds. The van der Waals surface area contributed by atoms with Gasteiger partial charge in [0.1, 0.15) is 24.9 Å². The zero-order valence-corrected chi connectivity index (χ0v) is 10.6. The van der Waals surface area contributed by atoms with Gasteiger partial charge in [-0.05, 0) is 25.7 Å². The van der Waals surface area contributed by atoms with Gasteiger partial charge in [0.2, 0.25) is 0 Å². The molecule has 4 atom stereocenters. The van der Waals surface area contributed by atoms with Gasteiger partial charge in [0.15, 0.2) is 0 Å². The minimum atomic E-state index is -0.984. The van der Waals surface area contributed by atoms with Crippen molar-refractivity contribution in [1.29, 1.82) is 0 Å². The van der Waals surface area contributed by atoms with Crippen molar-refractivity contribution in [2.75, 3.05) is 6.54 Å². The van der Waals surface area contributed by atoms with Gasteiger partial charge in [-0.25, -0.2) is 0 Å². The first-order chi connectivity index (χ1) is 8.99. The molecule has 0 bridgehead atoms. The van der Waals surface area contributed by atoms with Gasteiger partial charge in [-0.3, -0.25) is 9.69 Å². The smallest absolute Gasteiger partial charge is 0.326 e. The molecule has 8 nitrogen and oxygen atoms in total. The number of hydrogen-bond donors (Lipinski definition) is 4. The fourth-order valence-electron chi connectivity index (χ4n) is 2.38. The predicted molar refractivity (Wildman–Crippen MR) is 61.7 cm³/mol. The number of carbonyl (C=O) groups excluding carboxylic acids is 1. The lowest BCUT2D eigenvalue weighted by atomic mass is 10.3. The van der Waals surface area contributed by atoms with Crippen LogP contribution in [0.5, 0.6) is 0 Å². The molecule has 19 heavy (non-hydrogen) atoms. The van der Waals surface area contributed by atoms with E-state index in [1.54, 1.807) is 0 Å². The summed E-state index contributed by atoms with van der Waals surface area (Å²) in [5.41, 5.74) is 0. The van der Waals surface area contributed by atoms with E-state index in [1.807, 2.05) is 0 Å². The summed E-state index contributed by atoms with van der Waals surface area (Å²) in [6.07, 6.45) is -1.86. The van der Waals surface area contributed by atoms with Crippen LogP contribution in [0.4, 0.5) is 0 Å². The van der Waals surface area contributed by atoms with Crippen molar-refractivity contribution in [2.24, 2.45) is 0 Å². The average Bonchev–Trinajstić information content (AvgIpc) is 2.84. The Balaban J connectivity index is 1.75. The Bertz CT molecular complexity index is 308. The van der Waals surface area contributed by atoms with Gasteiger partial charge in [0, 0.05) is 6.54 Å². The van der Waals surface area contributed by atoms with Crippen LogP contribution in [0.25, 0.3) is 0 Å². The zero-order chi connectivity index (χ0) is 14.0. The molecule has 2 heterocycles. The zero-order valence-electron chi connectivity index (χ0n) is 10.6. The first-order valence-corrected chi connectivity index (χ1v) is 6.46. The Labute approximate surface area is 110 Å². The number of hydrogen-bond acceptors (Lipinski definition) is 8. The maximum Gasteiger partial charge on any atom is 0.326 e. The van der Waals surface area contributed by atoms with Crippen LogP contribution in [0, 0.1) is 0 Å². The number of hydroxylamine groups is 2. The molecule has 0 saturated carbocycles. The molecule has 8 heteroatoms. The average molecular weight is 276 g/mol. The summed E-state index contributed by atoms with van der Waals surface area (Å²) in [6.45, 7) is 0.168. The highest BCUT2D eigenvalue weighted by Crippen LogP contribution is 2.22. The third-order valence-corrected chi connectivity index (χ3v) is 3.50. The minimum absolute atomic E-state index is 0.0376. The molecule has 0 radical (unpaired) electrons. The van der Waals surface area contributed by atoms with Crippen LogP contribution in [-0.4, -0.2) is 67.8 Å². The molecule has 2 rings (SSSR count). The second-order valence-electron chi connectivity index (χ2n) is 4.89. The number of likely N-dealkylation sites (tertiary alicyclic amines) is 1. The third kappa shape index (κ3) is 3.41. The topological polar surface area (TPSA) is 114 Å². The van der Waals surface area contributed by atoms with Crippen molar-refractivity contribution < 1.29 is 30.1 Å². The van der Waals surface area contributed by atoms with Crippen LogP contribution in [0.3, 0.4) is 0 Å². The molecule has 0 aromatic heterocycles. The van der Waals surface area contributed by atoms with Gasteiger partial charge in [0.25, 0.3) is 0 Å².